The second-order valence-corrected chi connectivity index (χ2v) is 10.4. The monoisotopic (exact) mass is 484 g/mol. The van der Waals surface area contributed by atoms with Gasteiger partial charge in [0, 0.05) is 38.5 Å². The Kier molecular flexibility index (Phi) is 8.85. The lowest BCUT2D eigenvalue weighted by molar-refractivity contribution is -0.121. The van der Waals surface area contributed by atoms with E-state index in [1.807, 2.05) is 52.0 Å². The van der Waals surface area contributed by atoms with Crippen LogP contribution in [0.1, 0.15) is 51.9 Å². The molecular weight excluding hydrogens is 448 g/mol. The zero-order valence-corrected chi connectivity index (χ0v) is 21.4. The molecule has 1 heterocycles. The van der Waals surface area contributed by atoms with E-state index in [2.05, 4.69) is 22.0 Å². The number of carbonyl (C=O) groups is 1. The predicted molar refractivity (Wildman–Crippen MR) is 136 cm³/mol. The number of aryl methyl sites for hydroxylation is 3. The molecule has 34 heavy (non-hydrogen) atoms. The normalized spacial score (nSPS) is 12.9. The van der Waals surface area contributed by atoms with Crippen LogP contribution in [0.5, 0.6) is 0 Å². The maximum atomic E-state index is 12.9. The molecule has 3 aromatic rings. The summed E-state index contributed by atoms with van der Waals surface area (Å²) in [7, 11) is -3.55. The quantitative estimate of drug-likeness (QED) is 0.418. The Morgan fingerprint density at radius 3 is 2.41 bits per heavy atom. The molecule has 0 aliphatic rings. The molecule has 1 aromatic heterocycles. The summed E-state index contributed by atoms with van der Waals surface area (Å²) in [5.41, 5.74) is 2.79. The van der Waals surface area contributed by atoms with E-state index in [0.29, 0.717) is 38.0 Å². The molecule has 184 valence electrons. The van der Waals surface area contributed by atoms with E-state index in [-0.39, 0.29) is 16.8 Å². The van der Waals surface area contributed by atoms with Gasteiger partial charge in [0.25, 0.3) is 0 Å². The van der Waals surface area contributed by atoms with Crippen molar-refractivity contribution in [2.45, 2.75) is 70.9 Å². The second-order valence-electron chi connectivity index (χ2n) is 8.50. The highest BCUT2D eigenvalue weighted by Crippen LogP contribution is 2.23. The summed E-state index contributed by atoms with van der Waals surface area (Å²) < 4.78 is 29.3. The summed E-state index contributed by atoms with van der Waals surface area (Å²) in [4.78, 5) is 17.5. The second kappa shape index (κ2) is 11.6. The Labute approximate surface area is 203 Å². The molecule has 7 nitrogen and oxygen atoms in total. The van der Waals surface area contributed by atoms with Gasteiger partial charge in [0.15, 0.2) is 0 Å². The molecule has 0 spiro atoms. The number of aromatic nitrogens is 2. The number of sulfonamides is 1. The van der Waals surface area contributed by atoms with Crippen molar-refractivity contribution in [1.82, 2.24) is 19.2 Å². The highest BCUT2D eigenvalue weighted by atomic mass is 32.2. The van der Waals surface area contributed by atoms with E-state index >= 15 is 0 Å². The van der Waals surface area contributed by atoms with Crippen LogP contribution in [0, 0.1) is 0 Å². The van der Waals surface area contributed by atoms with Crippen molar-refractivity contribution in [3.8, 4) is 0 Å². The number of imidazole rings is 1. The summed E-state index contributed by atoms with van der Waals surface area (Å²) in [6.07, 6.45) is 2.64. The van der Waals surface area contributed by atoms with Crippen LogP contribution in [0.4, 0.5) is 0 Å². The average Bonchev–Trinajstić information content (AvgIpc) is 3.19. The van der Waals surface area contributed by atoms with Gasteiger partial charge in [-0.25, -0.2) is 13.4 Å². The van der Waals surface area contributed by atoms with Gasteiger partial charge in [-0.2, -0.15) is 4.31 Å². The summed E-state index contributed by atoms with van der Waals surface area (Å²) in [6.45, 7) is 9.25. The highest BCUT2D eigenvalue weighted by Gasteiger charge is 2.23. The zero-order valence-electron chi connectivity index (χ0n) is 20.6. The molecule has 0 saturated heterocycles. The minimum atomic E-state index is -3.55. The summed E-state index contributed by atoms with van der Waals surface area (Å²) >= 11 is 0. The predicted octanol–water partition coefficient (Wildman–Crippen LogP) is 4.16. The van der Waals surface area contributed by atoms with Gasteiger partial charge < -0.3 is 9.88 Å². The van der Waals surface area contributed by atoms with Crippen molar-refractivity contribution >= 4 is 27.0 Å². The summed E-state index contributed by atoms with van der Waals surface area (Å²) in [5.74, 6) is 0.794. The number of nitrogens with zero attached hydrogens (tertiary/aromatic N) is 3. The third-order valence-corrected chi connectivity index (χ3v) is 8.20. The molecule has 0 radical (unpaired) electrons. The molecule has 0 bridgehead atoms. The van der Waals surface area contributed by atoms with Crippen LogP contribution < -0.4 is 5.32 Å². The Balaban J connectivity index is 1.66. The molecule has 0 aliphatic carbocycles. The number of nitrogens with one attached hydrogen (secondary N) is 1. The third kappa shape index (κ3) is 6.04. The lowest BCUT2D eigenvalue weighted by atomic mass is 10.1. The van der Waals surface area contributed by atoms with E-state index in [4.69, 9.17) is 4.98 Å². The van der Waals surface area contributed by atoms with Gasteiger partial charge in [0.1, 0.15) is 5.82 Å². The topological polar surface area (TPSA) is 84.3 Å². The molecule has 0 saturated carbocycles. The fraction of sp³-hybridized carbons (Fsp3) is 0.462. The molecule has 2 aromatic carbocycles. The van der Waals surface area contributed by atoms with Crippen LogP contribution in [-0.2, 0) is 34.2 Å². The smallest absolute Gasteiger partial charge is 0.243 e. The fourth-order valence-electron chi connectivity index (χ4n) is 4.25. The Morgan fingerprint density at radius 2 is 1.76 bits per heavy atom. The van der Waals surface area contributed by atoms with E-state index in [0.717, 1.165) is 24.2 Å². The molecule has 1 amide bonds. The first kappa shape index (κ1) is 25.9. The maximum Gasteiger partial charge on any atom is 0.243 e. The summed E-state index contributed by atoms with van der Waals surface area (Å²) in [6, 6.07) is 15.5. The maximum absolute atomic E-state index is 12.9. The number of hydrogen-bond donors (Lipinski definition) is 1. The number of amides is 1. The van der Waals surface area contributed by atoms with Crippen LogP contribution in [0.3, 0.4) is 0 Å². The number of benzene rings is 2. The van der Waals surface area contributed by atoms with Crippen LogP contribution in [-0.4, -0.2) is 47.3 Å². The van der Waals surface area contributed by atoms with Crippen molar-refractivity contribution in [3.63, 3.8) is 0 Å². The van der Waals surface area contributed by atoms with Crippen molar-refractivity contribution in [2.24, 2.45) is 0 Å². The standard InChI is InChI=1S/C26H36N4O3S/c1-5-29(6-2)34(32,33)22-15-16-24-23(19-22)28-25(30(24)7-3)17-18-26(31)27-20(4)13-14-21-11-9-8-10-12-21/h8-12,15-16,19-20H,5-7,13-14,17-18H2,1-4H3,(H,27,31). The Morgan fingerprint density at radius 1 is 1.06 bits per heavy atom. The van der Waals surface area contributed by atoms with Gasteiger partial charge in [0.2, 0.25) is 15.9 Å². The van der Waals surface area contributed by atoms with E-state index in [1.165, 1.54) is 9.87 Å². The van der Waals surface area contributed by atoms with E-state index < -0.39 is 10.0 Å². The Bertz CT molecular complexity index is 1200. The number of rotatable bonds is 12. The van der Waals surface area contributed by atoms with E-state index in [9.17, 15) is 13.2 Å². The molecule has 3 rings (SSSR count). The lowest BCUT2D eigenvalue weighted by Crippen LogP contribution is -2.33. The first-order valence-electron chi connectivity index (χ1n) is 12.1. The largest absolute Gasteiger partial charge is 0.354 e. The fourth-order valence-corrected chi connectivity index (χ4v) is 5.73. The van der Waals surface area contributed by atoms with Gasteiger partial charge >= 0.3 is 0 Å². The number of fused-ring (bicyclic) bond motifs is 1. The van der Waals surface area contributed by atoms with Gasteiger partial charge in [0.05, 0.1) is 15.9 Å². The minimum absolute atomic E-state index is 0.0000658. The summed E-state index contributed by atoms with van der Waals surface area (Å²) in [5, 5.41) is 3.09. The minimum Gasteiger partial charge on any atom is -0.354 e. The van der Waals surface area contributed by atoms with Crippen LogP contribution in [0.2, 0.25) is 0 Å². The molecule has 0 aliphatic heterocycles. The lowest BCUT2D eigenvalue weighted by Gasteiger charge is -2.18. The van der Waals surface area contributed by atoms with Crippen LogP contribution in [0.25, 0.3) is 11.0 Å². The molecule has 0 fully saturated rings. The molecule has 1 unspecified atom stereocenters. The number of carbonyl (C=O) groups excluding carboxylic acids is 1. The molecular formula is C26H36N4O3S. The van der Waals surface area contributed by atoms with Crippen LogP contribution >= 0.6 is 0 Å². The number of hydrogen-bond acceptors (Lipinski definition) is 4. The first-order valence-corrected chi connectivity index (χ1v) is 13.6. The SMILES string of the molecule is CCN(CC)S(=O)(=O)c1ccc2c(c1)nc(CCC(=O)NC(C)CCc1ccccc1)n2CC. The highest BCUT2D eigenvalue weighted by molar-refractivity contribution is 7.89. The van der Waals surface area contributed by atoms with Crippen molar-refractivity contribution < 1.29 is 13.2 Å². The zero-order chi connectivity index (χ0) is 24.7. The van der Waals surface area contributed by atoms with Crippen molar-refractivity contribution in [3.05, 3.63) is 59.9 Å². The van der Waals surface area contributed by atoms with Gasteiger partial charge in [-0.1, -0.05) is 44.2 Å². The van der Waals surface area contributed by atoms with Gasteiger partial charge in [-0.3, -0.25) is 4.79 Å². The van der Waals surface area contributed by atoms with Crippen molar-refractivity contribution in [1.29, 1.82) is 0 Å². The van der Waals surface area contributed by atoms with Gasteiger partial charge in [-0.05, 0) is 50.5 Å². The average molecular weight is 485 g/mol. The first-order chi connectivity index (χ1) is 16.3. The molecule has 1 atom stereocenters. The molecule has 1 N–H and O–H groups in total. The van der Waals surface area contributed by atoms with Crippen molar-refractivity contribution in [2.75, 3.05) is 13.1 Å². The van der Waals surface area contributed by atoms with Gasteiger partial charge in [-0.15, -0.1) is 0 Å². The third-order valence-electron chi connectivity index (χ3n) is 6.15. The van der Waals surface area contributed by atoms with Crippen LogP contribution in [0.15, 0.2) is 53.4 Å². The molecule has 8 heteroatoms. The van der Waals surface area contributed by atoms with E-state index in [1.54, 1.807) is 12.1 Å². The Hall–Kier alpha value is -2.71.